The molecular weight excluding hydrogens is 317 g/mol. The lowest BCUT2D eigenvalue weighted by Gasteiger charge is -2.06. The van der Waals surface area contributed by atoms with Gasteiger partial charge < -0.3 is 10.2 Å². The normalized spacial score (nSPS) is 15.3. The summed E-state index contributed by atoms with van der Waals surface area (Å²) in [5.41, 5.74) is 7.87. The second-order valence-corrected chi connectivity index (χ2v) is 5.00. The average molecular weight is 327 g/mol. The first kappa shape index (κ1) is 10.1. The van der Waals surface area contributed by atoms with Crippen molar-refractivity contribution in [2.24, 2.45) is 0 Å². The highest BCUT2D eigenvalue weighted by atomic mass is 127. The van der Waals surface area contributed by atoms with Crippen LogP contribution < -0.4 is 5.73 Å². The summed E-state index contributed by atoms with van der Waals surface area (Å²) in [7, 11) is 0. The third-order valence-electron chi connectivity index (χ3n) is 2.65. The Kier molecular flexibility index (Phi) is 2.34. The molecule has 1 aliphatic carbocycles. The molecule has 0 bridgehead atoms. The number of furan rings is 1. The number of nitrogens with zero attached hydrogens (tertiary/aromatic N) is 2. The zero-order valence-corrected chi connectivity index (χ0v) is 10.6. The average Bonchev–Trinajstić information content (AvgIpc) is 2.96. The molecule has 4 nitrogen and oxygen atoms in total. The molecule has 1 fully saturated rings. The molecule has 5 heteroatoms. The summed E-state index contributed by atoms with van der Waals surface area (Å²) >= 11 is 2.22. The standard InChI is InChI=1S/C11H10IN3O/c12-8-9(6-1-2-6)14-11(15-10(8)13)7-3-4-16-5-7/h3-6H,1-2H2,(H2,13,14,15). The largest absolute Gasteiger partial charge is 0.472 e. The molecule has 2 N–H and O–H groups in total. The first-order valence-corrected chi connectivity index (χ1v) is 6.19. The summed E-state index contributed by atoms with van der Waals surface area (Å²) in [5, 5.41) is 0. The topological polar surface area (TPSA) is 64.9 Å². The van der Waals surface area contributed by atoms with Crippen molar-refractivity contribution < 1.29 is 4.42 Å². The number of hydrogen-bond donors (Lipinski definition) is 1. The molecule has 0 saturated heterocycles. The van der Waals surface area contributed by atoms with Crippen molar-refractivity contribution in [3.05, 3.63) is 27.9 Å². The van der Waals surface area contributed by atoms with Crippen LogP contribution in [0.3, 0.4) is 0 Å². The highest BCUT2D eigenvalue weighted by Gasteiger charge is 2.29. The summed E-state index contributed by atoms with van der Waals surface area (Å²) in [6, 6.07) is 1.85. The van der Waals surface area contributed by atoms with Gasteiger partial charge in [-0.2, -0.15) is 0 Å². The molecule has 2 heterocycles. The molecule has 2 aromatic rings. The number of nitrogen functional groups attached to an aromatic ring is 1. The van der Waals surface area contributed by atoms with Gasteiger partial charge in [-0.1, -0.05) is 0 Å². The maximum Gasteiger partial charge on any atom is 0.165 e. The van der Waals surface area contributed by atoms with E-state index in [-0.39, 0.29) is 0 Å². The predicted molar refractivity (Wildman–Crippen MR) is 68.8 cm³/mol. The minimum absolute atomic E-state index is 0.564. The molecule has 0 unspecified atom stereocenters. The van der Waals surface area contributed by atoms with Crippen LogP contribution in [-0.2, 0) is 0 Å². The van der Waals surface area contributed by atoms with E-state index in [9.17, 15) is 0 Å². The van der Waals surface area contributed by atoms with Gasteiger partial charge >= 0.3 is 0 Å². The van der Waals surface area contributed by atoms with Crippen LogP contribution in [0.1, 0.15) is 24.5 Å². The second kappa shape index (κ2) is 3.73. The van der Waals surface area contributed by atoms with Gasteiger partial charge in [-0.3, -0.25) is 0 Å². The summed E-state index contributed by atoms with van der Waals surface area (Å²) < 4.78 is 6.03. The molecule has 16 heavy (non-hydrogen) atoms. The molecule has 0 radical (unpaired) electrons. The number of halogens is 1. The fraction of sp³-hybridized carbons (Fsp3) is 0.273. The van der Waals surface area contributed by atoms with Crippen LogP contribution in [0, 0.1) is 3.57 Å². The van der Waals surface area contributed by atoms with Gasteiger partial charge in [-0.05, 0) is 41.5 Å². The van der Waals surface area contributed by atoms with Crippen LogP contribution in [0.15, 0.2) is 23.0 Å². The smallest absolute Gasteiger partial charge is 0.165 e. The quantitative estimate of drug-likeness (QED) is 0.862. The predicted octanol–water partition coefficient (Wildman–Crippen LogP) is 2.80. The minimum Gasteiger partial charge on any atom is -0.472 e. The monoisotopic (exact) mass is 327 g/mol. The van der Waals surface area contributed by atoms with Crippen molar-refractivity contribution in [2.45, 2.75) is 18.8 Å². The Balaban J connectivity index is 2.13. The lowest BCUT2D eigenvalue weighted by molar-refractivity contribution is 0.568. The van der Waals surface area contributed by atoms with Gasteiger partial charge in [0.25, 0.3) is 0 Å². The van der Waals surface area contributed by atoms with Gasteiger partial charge in [-0.25, -0.2) is 9.97 Å². The van der Waals surface area contributed by atoms with Gasteiger partial charge in [0.2, 0.25) is 0 Å². The van der Waals surface area contributed by atoms with E-state index < -0.39 is 0 Å². The lowest BCUT2D eigenvalue weighted by Crippen LogP contribution is -2.03. The molecule has 3 rings (SSSR count). The van der Waals surface area contributed by atoms with E-state index in [0.29, 0.717) is 17.6 Å². The highest BCUT2D eigenvalue weighted by molar-refractivity contribution is 14.1. The van der Waals surface area contributed by atoms with Crippen LogP contribution in [0.4, 0.5) is 5.82 Å². The molecule has 1 aliphatic rings. The Morgan fingerprint density at radius 2 is 2.19 bits per heavy atom. The van der Waals surface area contributed by atoms with Crippen molar-refractivity contribution in [3.8, 4) is 11.4 Å². The van der Waals surface area contributed by atoms with Gasteiger partial charge in [0.05, 0.1) is 21.1 Å². The third kappa shape index (κ3) is 1.68. The summed E-state index contributed by atoms with van der Waals surface area (Å²) in [6.45, 7) is 0. The number of rotatable bonds is 2. The Hall–Kier alpha value is -1.11. The molecule has 82 valence electrons. The summed E-state index contributed by atoms with van der Waals surface area (Å²) in [6.07, 6.45) is 5.66. The Labute approximate surface area is 106 Å². The van der Waals surface area contributed by atoms with Crippen LogP contribution >= 0.6 is 22.6 Å². The summed E-state index contributed by atoms with van der Waals surface area (Å²) in [4.78, 5) is 8.86. The Morgan fingerprint density at radius 3 is 2.81 bits per heavy atom. The van der Waals surface area contributed by atoms with Crippen LogP contribution in [-0.4, -0.2) is 9.97 Å². The van der Waals surface area contributed by atoms with Crippen molar-refractivity contribution in [1.29, 1.82) is 0 Å². The van der Waals surface area contributed by atoms with Crippen LogP contribution in [0.5, 0.6) is 0 Å². The van der Waals surface area contributed by atoms with Crippen molar-refractivity contribution in [3.63, 3.8) is 0 Å². The van der Waals surface area contributed by atoms with Gasteiger partial charge in [-0.15, -0.1) is 0 Å². The maximum atomic E-state index is 5.90. The van der Waals surface area contributed by atoms with E-state index in [1.54, 1.807) is 12.5 Å². The van der Waals surface area contributed by atoms with E-state index in [1.807, 2.05) is 6.07 Å². The molecule has 0 aliphatic heterocycles. The van der Waals surface area contributed by atoms with Gasteiger partial charge in [0.1, 0.15) is 12.1 Å². The third-order valence-corrected chi connectivity index (χ3v) is 3.75. The second-order valence-electron chi connectivity index (χ2n) is 3.92. The van der Waals surface area contributed by atoms with E-state index in [4.69, 9.17) is 10.2 Å². The molecule has 0 aromatic carbocycles. The molecule has 2 aromatic heterocycles. The number of aromatic nitrogens is 2. The summed E-state index contributed by atoms with van der Waals surface area (Å²) in [5.74, 6) is 1.80. The molecule has 1 saturated carbocycles. The zero-order chi connectivity index (χ0) is 11.1. The van der Waals surface area contributed by atoms with E-state index >= 15 is 0 Å². The van der Waals surface area contributed by atoms with Crippen molar-refractivity contribution >= 4 is 28.4 Å². The zero-order valence-electron chi connectivity index (χ0n) is 8.48. The SMILES string of the molecule is Nc1nc(-c2ccoc2)nc(C2CC2)c1I. The van der Waals surface area contributed by atoms with Gasteiger partial charge in [0.15, 0.2) is 5.82 Å². The first-order chi connectivity index (χ1) is 7.75. The number of nitrogens with two attached hydrogens (primary N) is 1. The van der Waals surface area contributed by atoms with Gasteiger partial charge in [0, 0.05) is 5.92 Å². The van der Waals surface area contributed by atoms with Crippen molar-refractivity contribution in [1.82, 2.24) is 9.97 Å². The van der Waals surface area contributed by atoms with E-state index in [0.717, 1.165) is 14.8 Å². The number of anilines is 1. The molecule has 0 amide bonds. The highest BCUT2D eigenvalue weighted by Crippen LogP contribution is 2.42. The van der Waals surface area contributed by atoms with Crippen molar-refractivity contribution in [2.75, 3.05) is 5.73 Å². The fourth-order valence-corrected chi connectivity index (χ4v) is 2.31. The van der Waals surface area contributed by atoms with E-state index in [2.05, 4.69) is 32.6 Å². The lowest BCUT2D eigenvalue weighted by atomic mass is 10.2. The Bertz CT molecular complexity index is 520. The fourth-order valence-electron chi connectivity index (χ4n) is 1.63. The van der Waals surface area contributed by atoms with Crippen LogP contribution in [0.2, 0.25) is 0 Å². The van der Waals surface area contributed by atoms with Crippen LogP contribution in [0.25, 0.3) is 11.4 Å². The molecular formula is C11H10IN3O. The first-order valence-electron chi connectivity index (χ1n) is 5.11. The molecule has 0 spiro atoms. The van der Waals surface area contributed by atoms with E-state index in [1.165, 1.54) is 12.8 Å². The molecule has 0 atom stereocenters. The maximum absolute atomic E-state index is 5.90. The Morgan fingerprint density at radius 1 is 1.38 bits per heavy atom. The minimum atomic E-state index is 0.564. The number of hydrogen-bond acceptors (Lipinski definition) is 4.